The standard InChI is InChI=1S/C81H65BN2/c1-79(2,3)59-46-48-70-72(50-59)83(77-62(54-28-12-7-13-29-54)40-26-41-63(77)55-30-14-8-15-31-55)74-52-61(81(58-36-20-11-21-37-58)68-44-24-22-38-66(68)67-39-23-25-45-69(67)81)53-75-76(74)82(70)71-49-47-60(80(4,5)6)51-73(71)84(75)78-64(56-32-16-9-17-33-56)42-27-43-65(78)57-34-18-10-19-35-57/h7-53H,1-6H3. The zero-order valence-electron chi connectivity index (χ0n) is 48.6. The Kier molecular flexibility index (Phi) is 12.0. The molecule has 2 nitrogen and oxygen atoms in total. The lowest BCUT2D eigenvalue weighted by molar-refractivity contribution is 0.590. The lowest BCUT2D eigenvalue weighted by Crippen LogP contribution is -2.61. The topological polar surface area (TPSA) is 6.48 Å². The van der Waals surface area contributed by atoms with Gasteiger partial charge in [0, 0.05) is 45.0 Å². The van der Waals surface area contributed by atoms with Crippen LogP contribution in [0.2, 0.25) is 0 Å². The molecule has 402 valence electrons. The van der Waals surface area contributed by atoms with Crippen molar-refractivity contribution in [3.8, 4) is 55.6 Å². The van der Waals surface area contributed by atoms with Gasteiger partial charge in [-0.1, -0.05) is 302 Å². The highest BCUT2D eigenvalue weighted by Gasteiger charge is 2.51. The summed E-state index contributed by atoms with van der Waals surface area (Å²) in [6, 6.07) is 108. The Bertz CT molecular complexity index is 4120. The molecule has 12 aromatic carbocycles. The number of nitrogens with zero attached hydrogens (tertiary/aromatic N) is 2. The molecule has 1 aliphatic carbocycles. The first kappa shape index (κ1) is 51.2. The maximum atomic E-state index is 2.72. The van der Waals surface area contributed by atoms with Crippen LogP contribution in [0.3, 0.4) is 0 Å². The molecule has 0 N–H and O–H groups in total. The fourth-order valence-corrected chi connectivity index (χ4v) is 14.3. The van der Waals surface area contributed by atoms with Crippen LogP contribution in [-0.2, 0) is 16.2 Å². The summed E-state index contributed by atoms with van der Waals surface area (Å²) in [6.07, 6.45) is 0. The van der Waals surface area contributed by atoms with Gasteiger partial charge in [0.2, 0.25) is 0 Å². The second kappa shape index (κ2) is 19.7. The van der Waals surface area contributed by atoms with E-state index in [1.54, 1.807) is 0 Å². The smallest absolute Gasteiger partial charge is 0.252 e. The molecule has 0 aromatic heterocycles. The summed E-state index contributed by atoms with van der Waals surface area (Å²) in [5.74, 6) is 0. The van der Waals surface area contributed by atoms with Crippen LogP contribution >= 0.6 is 0 Å². The molecule has 0 unspecified atom stereocenters. The molecule has 3 heteroatoms. The van der Waals surface area contributed by atoms with Gasteiger partial charge >= 0.3 is 0 Å². The van der Waals surface area contributed by atoms with Crippen molar-refractivity contribution in [3.05, 3.63) is 318 Å². The average molecular weight is 1080 g/mol. The minimum Gasteiger partial charge on any atom is -0.310 e. The van der Waals surface area contributed by atoms with Crippen molar-refractivity contribution in [1.29, 1.82) is 0 Å². The molecule has 0 atom stereocenters. The van der Waals surface area contributed by atoms with E-state index in [9.17, 15) is 0 Å². The van der Waals surface area contributed by atoms with Gasteiger partial charge in [-0.25, -0.2) is 0 Å². The maximum absolute atomic E-state index is 2.72. The SMILES string of the molecule is CC(C)(C)c1ccc2c(c1)N(c1c(-c3ccccc3)cccc1-c1ccccc1)c1cc(C3(c4ccccc4)c4ccccc4-c4ccccc43)cc3c1B2c1ccc(C(C)(C)C)cc1N3c1c(-c2ccccc2)cccc1-c1ccccc1. The van der Waals surface area contributed by atoms with E-state index >= 15 is 0 Å². The van der Waals surface area contributed by atoms with Crippen LogP contribution in [-0.4, -0.2) is 6.71 Å². The molecule has 0 spiro atoms. The molecular formula is C81H65BN2. The van der Waals surface area contributed by atoms with Crippen molar-refractivity contribution < 1.29 is 0 Å². The minimum absolute atomic E-state index is 0.145. The van der Waals surface area contributed by atoms with Crippen LogP contribution < -0.4 is 26.2 Å². The Hall–Kier alpha value is -9.70. The van der Waals surface area contributed by atoms with E-state index in [1.807, 2.05) is 0 Å². The summed E-state index contributed by atoms with van der Waals surface area (Å²) in [5.41, 5.74) is 29.2. The number of rotatable bonds is 8. The van der Waals surface area contributed by atoms with Crippen LogP contribution in [0.5, 0.6) is 0 Å². The zero-order chi connectivity index (χ0) is 56.9. The van der Waals surface area contributed by atoms with Gasteiger partial charge in [-0.15, -0.1) is 0 Å². The van der Waals surface area contributed by atoms with E-state index in [0.717, 1.165) is 45.0 Å². The largest absolute Gasteiger partial charge is 0.310 e. The lowest BCUT2D eigenvalue weighted by atomic mass is 9.33. The van der Waals surface area contributed by atoms with Crippen LogP contribution in [0.25, 0.3) is 55.6 Å². The summed E-state index contributed by atoms with van der Waals surface area (Å²) < 4.78 is 0. The van der Waals surface area contributed by atoms with Gasteiger partial charge in [-0.2, -0.15) is 0 Å². The van der Waals surface area contributed by atoms with Crippen LogP contribution in [0, 0.1) is 0 Å². The molecule has 12 aromatic rings. The predicted octanol–water partition coefficient (Wildman–Crippen LogP) is 19.4. The van der Waals surface area contributed by atoms with E-state index in [1.165, 1.54) is 94.5 Å². The van der Waals surface area contributed by atoms with Crippen molar-refractivity contribution in [1.82, 2.24) is 0 Å². The van der Waals surface area contributed by atoms with E-state index in [4.69, 9.17) is 0 Å². The van der Waals surface area contributed by atoms with Crippen LogP contribution in [0.1, 0.15) is 74.9 Å². The fraction of sp³-hybridized carbons (Fsp3) is 0.111. The van der Waals surface area contributed by atoms with E-state index in [-0.39, 0.29) is 17.5 Å². The van der Waals surface area contributed by atoms with Crippen molar-refractivity contribution >= 4 is 57.2 Å². The molecule has 0 saturated heterocycles. The molecule has 0 radical (unpaired) electrons. The fourth-order valence-electron chi connectivity index (χ4n) is 14.3. The van der Waals surface area contributed by atoms with Gasteiger partial charge in [-0.05, 0) is 118 Å². The molecule has 84 heavy (non-hydrogen) atoms. The first-order valence-corrected chi connectivity index (χ1v) is 29.8. The van der Waals surface area contributed by atoms with Gasteiger partial charge in [0.25, 0.3) is 6.71 Å². The van der Waals surface area contributed by atoms with E-state index in [2.05, 4.69) is 336 Å². The summed E-state index contributed by atoms with van der Waals surface area (Å²) in [5, 5.41) is 0. The van der Waals surface area contributed by atoms with Crippen molar-refractivity contribution in [2.24, 2.45) is 0 Å². The van der Waals surface area contributed by atoms with E-state index in [0.29, 0.717) is 0 Å². The average Bonchev–Trinajstić information content (AvgIpc) is 1.52. The second-order valence-electron chi connectivity index (χ2n) is 25.2. The first-order chi connectivity index (χ1) is 41.0. The summed E-state index contributed by atoms with van der Waals surface area (Å²) in [7, 11) is 0. The van der Waals surface area contributed by atoms with Crippen molar-refractivity contribution in [3.63, 3.8) is 0 Å². The zero-order valence-corrected chi connectivity index (χ0v) is 48.6. The minimum atomic E-state index is -0.740. The third-order valence-electron chi connectivity index (χ3n) is 18.3. The van der Waals surface area contributed by atoms with Gasteiger partial charge in [-0.3, -0.25) is 0 Å². The second-order valence-corrected chi connectivity index (χ2v) is 25.2. The number of hydrogen-bond donors (Lipinski definition) is 0. The highest BCUT2D eigenvalue weighted by molar-refractivity contribution is 7.00. The predicted molar refractivity (Wildman–Crippen MR) is 357 cm³/mol. The number of hydrogen-bond acceptors (Lipinski definition) is 2. The first-order valence-electron chi connectivity index (χ1n) is 29.8. The van der Waals surface area contributed by atoms with E-state index < -0.39 is 5.41 Å². The van der Waals surface area contributed by atoms with Gasteiger partial charge in [0.05, 0.1) is 16.8 Å². The normalized spacial score (nSPS) is 13.6. The van der Waals surface area contributed by atoms with Crippen LogP contribution in [0.4, 0.5) is 34.1 Å². The number of benzene rings is 12. The van der Waals surface area contributed by atoms with Crippen molar-refractivity contribution in [2.45, 2.75) is 57.8 Å². The summed E-state index contributed by atoms with van der Waals surface area (Å²) >= 11 is 0. The van der Waals surface area contributed by atoms with Gasteiger partial charge < -0.3 is 9.80 Å². The monoisotopic (exact) mass is 1080 g/mol. The molecule has 0 bridgehead atoms. The highest BCUT2D eigenvalue weighted by atomic mass is 15.2. The molecular weight excluding hydrogens is 1010 g/mol. The Labute approximate surface area is 496 Å². The molecule has 2 heterocycles. The summed E-state index contributed by atoms with van der Waals surface area (Å²) in [6.45, 7) is 14.0. The Morgan fingerprint density at radius 3 is 0.964 bits per heavy atom. The molecule has 3 aliphatic rings. The number of para-hydroxylation sites is 2. The van der Waals surface area contributed by atoms with Crippen molar-refractivity contribution in [2.75, 3.05) is 9.80 Å². The molecule has 15 rings (SSSR count). The third kappa shape index (κ3) is 8.00. The third-order valence-corrected chi connectivity index (χ3v) is 18.3. The number of fused-ring (bicyclic) bond motifs is 7. The Morgan fingerprint density at radius 1 is 0.286 bits per heavy atom. The molecule has 2 aliphatic heterocycles. The Balaban J connectivity index is 1.19. The quantitative estimate of drug-likeness (QED) is 0.140. The highest BCUT2D eigenvalue weighted by Crippen LogP contribution is 2.60. The summed E-state index contributed by atoms with van der Waals surface area (Å²) in [4.78, 5) is 5.43. The lowest BCUT2D eigenvalue weighted by Gasteiger charge is -2.47. The molecule has 0 amide bonds. The molecule has 0 fully saturated rings. The Morgan fingerprint density at radius 2 is 0.607 bits per heavy atom. The van der Waals surface area contributed by atoms with Gasteiger partial charge in [0.15, 0.2) is 0 Å². The molecule has 0 saturated carbocycles. The maximum Gasteiger partial charge on any atom is 0.252 e. The van der Waals surface area contributed by atoms with Crippen LogP contribution in [0.15, 0.2) is 285 Å². The van der Waals surface area contributed by atoms with Gasteiger partial charge in [0.1, 0.15) is 0 Å². The number of anilines is 6.